The molecule has 1 N–H and O–H groups in total. The Morgan fingerprint density at radius 2 is 2.50 bits per heavy atom. The van der Waals surface area contributed by atoms with Crippen LogP contribution in [0, 0.1) is 11.3 Å². The zero-order valence-corrected chi connectivity index (χ0v) is 6.06. The highest BCUT2D eigenvalue weighted by atomic mass is 16.1. The second kappa shape index (κ2) is 3.98. The van der Waals surface area contributed by atoms with E-state index in [9.17, 15) is 4.79 Å². The molecule has 0 spiro atoms. The molecule has 0 saturated heterocycles. The molecule has 1 rings (SSSR count). The minimum atomic E-state index is -0.439. The van der Waals surface area contributed by atoms with E-state index in [1.54, 1.807) is 6.07 Å². The minimum absolute atomic E-state index is 0.109. The van der Waals surface area contributed by atoms with Crippen molar-refractivity contribution in [3.63, 3.8) is 0 Å². The van der Waals surface area contributed by atoms with Crippen molar-refractivity contribution in [1.29, 1.82) is 5.26 Å². The molecule has 0 radical (unpaired) electrons. The molecule has 0 aliphatic carbocycles. The van der Waals surface area contributed by atoms with Crippen molar-refractivity contribution in [2.24, 2.45) is 0 Å². The predicted molar refractivity (Wildman–Crippen MR) is 38.7 cm³/mol. The summed E-state index contributed by atoms with van der Waals surface area (Å²) in [6.45, 7) is 0. The number of amides is 1. The number of nitrogens with one attached hydrogen (secondary N) is 1. The number of hydrogen-bond donors (Lipinski definition) is 1. The first-order valence-electron chi connectivity index (χ1n) is 3.13. The van der Waals surface area contributed by atoms with Gasteiger partial charge in [-0.1, -0.05) is 0 Å². The van der Waals surface area contributed by atoms with Crippen molar-refractivity contribution < 1.29 is 4.79 Å². The highest BCUT2D eigenvalue weighted by molar-refractivity contribution is 5.90. The summed E-state index contributed by atoms with van der Waals surface area (Å²) in [6.07, 6.45) is 2.58. The van der Waals surface area contributed by atoms with Crippen LogP contribution in [-0.2, 0) is 4.79 Å². The third kappa shape index (κ3) is 2.30. The maximum atomic E-state index is 10.8. The third-order valence-electron chi connectivity index (χ3n) is 0.973. The zero-order valence-electron chi connectivity index (χ0n) is 6.06. The van der Waals surface area contributed by atoms with Crippen LogP contribution in [0.1, 0.15) is 6.42 Å². The lowest BCUT2D eigenvalue weighted by Gasteiger charge is -1.96. The van der Waals surface area contributed by atoms with Gasteiger partial charge < -0.3 is 0 Å². The van der Waals surface area contributed by atoms with Crippen molar-refractivity contribution in [3.8, 4) is 6.07 Å². The van der Waals surface area contributed by atoms with Crippen LogP contribution in [0.3, 0.4) is 0 Å². The van der Waals surface area contributed by atoms with E-state index < -0.39 is 5.91 Å². The number of rotatable bonds is 2. The van der Waals surface area contributed by atoms with Gasteiger partial charge in [-0.15, -0.1) is 5.10 Å². The van der Waals surface area contributed by atoms with Crippen LogP contribution in [0.15, 0.2) is 12.4 Å². The maximum absolute atomic E-state index is 10.8. The molecule has 12 heavy (non-hydrogen) atoms. The number of nitriles is 1. The summed E-state index contributed by atoms with van der Waals surface area (Å²) in [4.78, 5) is 14.5. The predicted octanol–water partition coefficient (Wildman–Crippen LogP) is -0.276. The number of aromatic nitrogens is 3. The van der Waals surface area contributed by atoms with E-state index in [1.165, 1.54) is 12.4 Å². The van der Waals surface area contributed by atoms with Crippen molar-refractivity contribution in [2.75, 3.05) is 5.32 Å². The van der Waals surface area contributed by atoms with E-state index in [0.29, 0.717) is 0 Å². The number of hydrogen-bond acceptors (Lipinski definition) is 5. The average Bonchev–Trinajstić information content (AvgIpc) is 2.06. The van der Waals surface area contributed by atoms with E-state index in [0.717, 1.165) is 0 Å². The van der Waals surface area contributed by atoms with Crippen molar-refractivity contribution >= 4 is 11.9 Å². The summed E-state index contributed by atoms with van der Waals surface area (Å²) >= 11 is 0. The molecule has 1 aromatic rings. The fourth-order valence-corrected chi connectivity index (χ4v) is 0.546. The first-order chi connectivity index (χ1) is 5.83. The van der Waals surface area contributed by atoms with Crippen molar-refractivity contribution in [2.45, 2.75) is 6.42 Å². The van der Waals surface area contributed by atoms with Gasteiger partial charge in [0.25, 0.3) is 0 Å². The summed E-state index contributed by atoms with van der Waals surface area (Å²) in [5, 5.41) is 17.4. The lowest BCUT2D eigenvalue weighted by Crippen LogP contribution is -2.12. The molecule has 0 bridgehead atoms. The van der Waals surface area contributed by atoms with E-state index >= 15 is 0 Å². The molecular formula is C6H5N5O. The first-order valence-corrected chi connectivity index (χ1v) is 3.13. The summed E-state index contributed by atoms with van der Waals surface area (Å²) in [5.41, 5.74) is 0. The zero-order chi connectivity index (χ0) is 8.81. The maximum Gasteiger partial charge on any atom is 0.249 e. The van der Waals surface area contributed by atoms with Gasteiger partial charge in [0, 0.05) is 0 Å². The fraction of sp³-hybridized carbons (Fsp3) is 0.167. The van der Waals surface area contributed by atoms with Crippen molar-refractivity contribution in [3.05, 3.63) is 12.4 Å². The van der Waals surface area contributed by atoms with Gasteiger partial charge in [-0.05, 0) is 0 Å². The standard InChI is InChI=1S/C6H5N5O/c7-2-1-5(12)10-6-8-3-4-9-11-6/h3-4H,1H2,(H,8,10,11,12). The largest absolute Gasteiger partial charge is 0.292 e. The molecule has 0 saturated carbocycles. The van der Waals surface area contributed by atoms with Crippen LogP contribution in [0.25, 0.3) is 0 Å². The monoisotopic (exact) mass is 163 g/mol. The summed E-state index contributed by atoms with van der Waals surface area (Å²) < 4.78 is 0. The smallest absolute Gasteiger partial charge is 0.249 e. The van der Waals surface area contributed by atoms with Crippen LogP contribution in [-0.4, -0.2) is 21.1 Å². The number of nitrogens with zero attached hydrogens (tertiary/aromatic N) is 4. The summed E-state index contributed by atoms with van der Waals surface area (Å²) in [6, 6.07) is 1.70. The van der Waals surface area contributed by atoms with Crippen LogP contribution in [0.5, 0.6) is 0 Å². The van der Waals surface area contributed by atoms with Gasteiger partial charge >= 0.3 is 0 Å². The second-order valence-electron chi connectivity index (χ2n) is 1.85. The third-order valence-corrected chi connectivity index (χ3v) is 0.973. The SMILES string of the molecule is N#CCC(=O)Nc1nccnn1. The topological polar surface area (TPSA) is 91.6 Å². The van der Waals surface area contributed by atoms with Gasteiger partial charge in [0.05, 0.1) is 18.5 Å². The molecule has 6 heteroatoms. The molecule has 1 amide bonds. The molecular weight excluding hydrogens is 158 g/mol. The number of anilines is 1. The Morgan fingerprint density at radius 1 is 1.67 bits per heavy atom. The minimum Gasteiger partial charge on any atom is -0.292 e. The van der Waals surface area contributed by atoms with Gasteiger partial charge in [0.15, 0.2) is 0 Å². The Labute approximate surface area is 68.3 Å². The Kier molecular flexibility index (Phi) is 2.67. The molecule has 0 aliphatic rings. The second-order valence-corrected chi connectivity index (χ2v) is 1.85. The number of carbonyl (C=O) groups is 1. The molecule has 0 unspecified atom stereocenters. The Balaban J connectivity index is 2.54. The molecule has 1 aromatic heterocycles. The highest BCUT2D eigenvalue weighted by Crippen LogP contribution is 1.92. The number of carbonyl (C=O) groups excluding carboxylic acids is 1. The lowest BCUT2D eigenvalue weighted by molar-refractivity contribution is -0.115. The molecule has 1 heterocycles. The quantitative estimate of drug-likeness (QED) is 0.647. The molecule has 6 nitrogen and oxygen atoms in total. The van der Waals surface area contributed by atoms with E-state index in [-0.39, 0.29) is 12.4 Å². The Bertz CT molecular complexity index is 303. The van der Waals surface area contributed by atoms with Gasteiger partial charge in [0.2, 0.25) is 11.9 Å². The molecule has 60 valence electrons. The normalized spacial score (nSPS) is 8.58. The van der Waals surface area contributed by atoms with Crippen LogP contribution in [0.4, 0.5) is 5.95 Å². The fourth-order valence-electron chi connectivity index (χ4n) is 0.546. The van der Waals surface area contributed by atoms with Gasteiger partial charge in [-0.2, -0.15) is 10.4 Å². The van der Waals surface area contributed by atoms with Crippen LogP contribution < -0.4 is 5.32 Å². The Morgan fingerprint density at radius 3 is 3.08 bits per heavy atom. The molecule has 0 fully saturated rings. The van der Waals surface area contributed by atoms with E-state index in [1.807, 2.05) is 0 Å². The van der Waals surface area contributed by atoms with Crippen molar-refractivity contribution in [1.82, 2.24) is 15.2 Å². The highest BCUT2D eigenvalue weighted by Gasteiger charge is 2.01. The molecule has 0 aromatic carbocycles. The lowest BCUT2D eigenvalue weighted by atomic mass is 10.4. The van der Waals surface area contributed by atoms with E-state index in [4.69, 9.17) is 5.26 Å². The summed E-state index contributed by atoms with van der Waals surface area (Å²) in [7, 11) is 0. The van der Waals surface area contributed by atoms with Crippen LogP contribution in [0.2, 0.25) is 0 Å². The summed E-state index contributed by atoms with van der Waals surface area (Å²) in [5.74, 6) is -0.330. The van der Waals surface area contributed by atoms with Crippen LogP contribution >= 0.6 is 0 Å². The van der Waals surface area contributed by atoms with E-state index in [2.05, 4.69) is 20.5 Å². The first kappa shape index (κ1) is 8.07. The van der Waals surface area contributed by atoms with Gasteiger partial charge in [-0.3, -0.25) is 10.1 Å². The molecule has 0 atom stereocenters. The Hall–Kier alpha value is -2.03. The van der Waals surface area contributed by atoms with Gasteiger partial charge in [-0.25, -0.2) is 4.98 Å². The average molecular weight is 163 g/mol. The van der Waals surface area contributed by atoms with Gasteiger partial charge in [0.1, 0.15) is 6.42 Å². The molecule has 0 aliphatic heterocycles.